The fraction of sp³-hybridized carbons (Fsp3) is 0.188. The van der Waals surface area contributed by atoms with E-state index in [1.54, 1.807) is 25.3 Å². The number of benzene rings is 1. The Kier molecular flexibility index (Phi) is 7.49. The second-order valence-electron chi connectivity index (χ2n) is 6.17. The molecule has 1 amide bonds. The zero-order chi connectivity index (χ0) is 22.1. The molecule has 3 aromatic rings. The number of aromatic nitrogens is 3. The molecule has 0 bridgehead atoms. The number of nitrogens with zero attached hydrogens (tertiary/aromatic N) is 2. The number of H-pyrrole nitrogens is 1. The van der Waals surface area contributed by atoms with Gasteiger partial charge in [0.2, 0.25) is 0 Å². The molecule has 0 aliphatic heterocycles. The van der Waals surface area contributed by atoms with Crippen molar-refractivity contribution in [2.75, 3.05) is 18.2 Å². The highest BCUT2D eigenvalue weighted by Gasteiger charge is 2.20. The third kappa shape index (κ3) is 6.27. The summed E-state index contributed by atoms with van der Waals surface area (Å²) in [4.78, 5) is 41.2. The summed E-state index contributed by atoms with van der Waals surface area (Å²) >= 11 is 1.12. The lowest BCUT2D eigenvalue weighted by Gasteiger charge is -2.08. The van der Waals surface area contributed by atoms with Gasteiger partial charge in [-0.1, -0.05) is 17.4 Å². The highest BCUT2D eigenvalue weighted by molar-refractivity contribution is 7.90. The lowest BCUT2D eigenvalue weighted by molar-refractivity contribution is -0.118. The molecule has 0 spiro atoms. The molecule has 15 heteroatoms. The topological polar surface area (TPSA) is 203 Å². The molecule has 0 aliphatic rings. The molecule has 0 aliphatic carbocycles. The number of imidazole rings is 1. The summed E-state index contributed by atoms with van der Waals surface area (Å²) in [6.07, 6.45) is 4.21. The normalized spacial score (nSPS) is 11.7. The number of rotatable bonds is 7. The van der Waals surface area contributed by atoms with Gasteiger partial charge in [-0.25, -0.2) is 23.0 Å². The van der Waals surface area contributed by atoms with E-state index in [4.69, 9.17) is 9.79 Å². The van der Waals surface area contributed by atoms with Gasteiger partial charge in [-0.3, -0.25) is 14.6 Å². The van der Waals surface area contributed by atoms with E-state index in [0.717, 1.165) is 17.6 Å². The van der Waals surface area contributed by atoms with E-state index in [-0.39, 0.29) is 15.5 Å². The molecule has 0 saturated heterocycles. The SMILES string of the molecule is Cc1nc(NC(=O)COP(=O)(O)O)sc1-c1ccc(S(C)(=O)=O)c(-c2ncc[nH]2)c1.O. The van der Waals surface area contributed by atoms with E-state index < -0.39 is 30.2 Å². The molecule has 6 N–H and O–H groups in total. The quantitative estimate of drug-likeness (QED) is 0.350. The smallest absolute Gasteiger partial charge is 0.412 e. The molecule has 0 radical (unpaired) electrons. The number of sulfone groups is 1. The molecule has 0 saturated carbocycles. The van der Waals surface area contributed by atoms with Crippen LogP contribution in [0.3, 0.4) is 0 Å². The third-order valence-corrected chi connectivity index (χ3v) is 6.54. The average molecular weight is 490 g/mol. The molecule has 31 heavy (non-hydrogen) atoms. The summed E-state index contributed by atoms with van der Waals surface area (Å²) < 4.78 is 39.1. The number of hydrogen-bond acceptors (Lipinski definition) is 8. The zero-order valence-corrected chi connectivity index (χ0v) is 18.7. The van der Waals surface area contributed by atoms with Crippen LogP contribution in [0, 0.1) is 6.92 Å². The maximum Gasteiger partial charge on any atom is 0.470 e. The molecule has 1 aromatic carbocycles. The monoisotopic (exact) mass is 490 g/mol. The number of aryl methyl sites for hydroxylation is 1. The molecule has 168 valence electrons. The van der Waals surface area contributed by atoms with Gasteiger partial charge in [0.15, 0.2) is 15.0 Å². The molecule has 0 unspecified atom stereocenters. The van der Waals surface area contributed by atoms with E-state index >= 15 is 0 Å². The summed E-state index contributed by atoms with van der Waals surface area (Å²) in [6.45, 7) is 0.884. The van der Waals surface area contributed by atoms with Crippen LogP contribution in [0.4, 0.5) is 5.13 Å². The maximum absolute atomic E-state index is 12.2. The summed E-state index contributed by atoms with van der Waals surface area (Å²) in [7, 11) is -8.26. The van der Waals surface area contributed by atoms with Gasteiger partial charge in [0, 0.05) is 24.2 Å². The number of nitrogens with one attached hydrogen (secondary N) is 2. The van der Waals surface area contributed by atoms with Crippen molar-refractivity contribution in [3.05, 3.63) is 36.3 Å². The van der Waals surface area contributed by atoms with Crippen molar-refractivity contribution in [2.45, 2.75) is 11.8 Å². The molecule has 2 aromatic heterocycles. The maximum atomic E-state index is 12.2. The van der Waals surface area contributed by atoms with Crippen molar-refractivity contribution >= 4 is 40.0 Å². The fourth-order valence-corrected chi connectivity index (χ4v) is 4.74. The Bertz CT molecular complexity index is 1230. The first-order valence-corrected chi connectivity index (χ1v) is 12.5. The minimum atomic E-state index is -4.76. The number of hydrogen-bond donors (Lipinski definition) is 4. The number of carbonyl (C=O) groups is 1. The minimum absolute atomic E-state index is 0. The largest absolute Gasteiger partial charge is 0.470 e. The number of amides is 1. The lowest BCUT2D eigenvalue weighted by Crippen LogP contribution is -2.17. The molecule has 0 atom stereocenters. The fourth-order valence-electron chi connectivity index (χ4n) is 2.61. The van der Waals surface area contributed by atoms with Crippen molar-refractivity contribution in [3.8, 4) is 21.8 Å². The Morgan fingerprint density at radius 1 is 1.35 bits per heavy atom. The minimum Gasteiger partial charge on any atom is -0.412 e. The van der Waals surface area contributed by atoms with Gasteiger partial charge in [0.25, 0.3) is 5.91 Å². The number of thiazole rings is 1. The van der Waals surface area contributed by atoms with Crippen molar-refractivity contribution in [1.29, 1.82) is 0 Å². The molecular weight excluding hydrogens is 471 g/mol. The van der Waals surface area contributed by atoms with Crippen molar-refractivity contribution in [3.63, 3.8) is 0 Å². The van der Waals surface area contributed by atoms with Crippen LogP contribution < -0.4 is 5.32 Å². The summed E-state index contributed by atoms with van der Waals surface area (Å²) in [5, 5.41) is 2.61. The molecule has 0 fully saturated rings. The van der Waals surface area contributed by atoms with Gasteiger partial charge in [0.1, 0.15) is 12.4 Å². The highest BCUT2D eigenvalue weighted by atomic mass is 32.2. The summed E-state index contributed by atoms with van der Waals surface area (Å²) in [5.74, 6) is -0.384. The Morgan fingerprint density at radius 3 is 2.65 bits per heavy atom. The predicted molar refractivity (Wildman–Crippen MR) is 113 cm³/mol. The standard InChI is InChI=1S/C16H17N4O7PS2.H2O/c1-9-14(29-16(19-9)20-13(21)8-27-28(22,23)24)10-3-4-12(30(2,25)26)11(7-10)15-17-5-6-18-15;/h3-7H,8H2,1-2H3,(H,17,18)(H,19,20,21)(H2,22,23,24);1H2. The molecule has 3 rings (SSSR count). The Labute approximate surface area is 180 Å². The van der Waals surface area contributed by atoms with Crippen LogP contribution in [0.2, 0.25) is 0 Å². The van der Waals surface area contributed by atoms with Crippen molar-refractivity contribution in [1.82, 2.24) is 15.0 Å². The second-order valence-corrected chi connectivity index (χ2v) is 10.4. The van der Waals surface area contributed by atoms with Crippen LogP contribution in [-0.4, -0.2) is 57.4 Å². The van der Waals surface area contributed by atoms with Gasteiger partial charge < -0.3 is 20.2 Å². The first kappa shape index (κ1) is 24.8. The van der Waals surface area contributed by atoms with E-state index in [9.17, 15) is 17.8 Å². The van der Waals surface area contributed by atoms with Crippen molar-refractivity contribution in [2.24, 2.45) is 0 Å². The highest BCUT2D eigenvalue weighted by Crippen LogP contribution is 2.37. The van der Waals surface area contributed by atoms with Crippen LogP contribution in [0.15, 0.2) is 35.5 Å². The lowest BCUT2D eigenvalue weighted by atomic mass is 10.1. The van der Waals surface area contributed by atoms with Crippen LogP contribution in [0.5, 0.6) is 0 Å². The number of phosphoric ester groups is 1. The van der Waals surface area contributed by atoms with E-state index in [1.807, 2.05) is 0 Å². The average Bonchev–Trinajstić information content (AvgIpc) is 3.28. The van der Waals surface area contributed by atoms with Crippen LogP contribution >= 0.6 is 19.2 Å². The third-order valence-electron chi connectivity index (χ3n) is 3.80. The molecular formula is C16H19N4O8PS2. The Balaban J connectivity index is 0.00000341. The summed E-state index contributed by atoms with van der Waals surface area (Å²) in [6, 6.07) is 4.78. The number of phosphoric acid groups is 1. The van der Waals surface area contributed by atoms with E-state index in [1.165, 1.54) is 12.3 Å². The number of aromatic amines is 1. The van der Waals surface area contributed by atoms with Gasteiger partial charge in [0.05, 0.1) is 15.5 Å². The van der Waals surface area contributed by atoms with Crippen LogP contribution in [0.25, 0.3) is 21.8 Å². The van der Waals surface area contributed by atoms with Gasteiger partial charge in [-0.05, 0) is 24.6 Å². The van der Waals surface area contributed by atoms with Gasteiger partial charge >= 0.3 is 7.82 Å². The first-order valence-electron chi connectivity index (χ1n) is 8.25. The summed E-state index contributed by atoms with van der Waals surface area (Å²) in [5.41, 5.74) is 1.63. The van der Waals surface area contributed by atoms with Crippen molar-refractivity contribution < 1.29 is 37.6 Å². The van der Waals surface area contributed by atoms with Gasteiger partial charge in [-0.15, -0.1) is 0 Å². The zero-order valence-electron chi connectivity index (χ0n) is 16.2. The molecule has 2 heterocycles. The Hall–Kier alpha value is -2.45. The van der Waals surface area contributed by atoms with Crippen LogP contribution in [0.1, 0.15) is 5.69 Å². The van der Waals surface area contributed by atoms with Gasteiger partial charge in [-0.2, -0.15) is 0 Å². The Morgan fingerprint density at radius 2 is 2.06 bits per heavy atom. The van der Waals surface area contributed by atoms with E-state index in [0.29, 0.717) is 27.5 Å². The predicted octanol–water partition coefficient (Wildman–Crippen LogP) is 1.14. The van der Waals surface area contributed by atoms with E-state index in [2.05, 4.69) is 24.8 Å². The number of anilines is 1. The second kappa shape index (κ2) is 9.36. The van der Waals surface area contributed by atoms with Crippen LogP contribution in [-0.2, 0) is 23.7 Å². The first-order chi connectivity index (χ1) is 13.9. The number of carbonyl (C=O) groups excluding carboxylic acids is 1. The molecule has 12 nitrogen and oxygen atoms in total.